The molecule has 0 bridgehead atoms. The third kappa shape index (κ3) is 4.96. The van der Waals surface area contributed by atoms with Gasteiger partial charge in [-0.2, -0.15) is 13.2 Å². The van der Waals surface area contributed by atoms with Gasteiger partial charge in [-0.3, -0.25) is 4.72 Å². The van der Waals surface area contributed by atoms with Crippen LogP contribution in [0.3, 0.4) is 0 Å². The minimum Gasteiger partial charge on any atom is -0.368 e. The summed E-state index contributed by atoms with van der Waals surface area (Å²) < 4.78 is 182. The number of rotatable bonds is 7. The first-order valence-electron chi connectivity index (χ1n) is 13.7. The Hall–Kier alpha value is -3.11. The average Bonchev–Trinajstić information content (AvgIpc) is 3.33. The molecule has 2 atom stereocenters. The fourth-order valence-electron chi connectivity index (χ4n) is 4.99. The first kappa shape index (κ1) is 26.5. The number of nitrogens with zero attached hydrogens (tertiary/aromatic N) is 1. The molecule has 3 aromatic rings. The van der Waals surface area contributed by atoms with Crippen LogP contribution in [-0.4, -0.2) is 45.5 Å². The van der Waals surface area contributed by atoms with Crippen molar-refractivity contribution < 1.29 is 56.4 Å². The number of fused-ring (bicyclic) bond motifs is 1. The first-order valence-corrected chi connectivity index (χ1v) is 15.1. The van der Waals surface area contributed by atoms with Crippen LogP contribution >= 0.6 is 0 Å². The molecule has 1 fully saturated rings. The molecule has 2 aromatic carbocycles. The Bertz CT molecular complexity index is 1890. The lowest BCUT2D eigenvalue weighted by molar-refractivity contribution is -0.273. The largest absolute Gasteiger partial charge is 0.417 e. The van der Waals surface area contributed by atoms with E-state index in [4.69, 9.17) is 4.11 Å². The number of methoxy groups -OCH3 is 1. The number of nitrogens with one attached hydrogen (secondary N) is 1. The minimum atomic E-state index is -5.36. The van der Waals surface area contributed by atoms with Crippen molar-refractivity contribution in [1.82, 2.24) is 3.97 Å². The van der Waals surface area contributed by atoms with Gasteiger partial charge >= 0.3 is 6.18 Å². The summed E-state index contributed by atoms with van der Waals surface area (Å²) in [6, 6.07) is 5.69. The fourth-order valence-corrected chi connectivity index (χ4v) is 7.82. The van der Waals surface area contributed by atoms with E-state index in [-0.39, 0.29) is 3.97 Å². The maximum absolute atomic E-state index is 14.9. The zero-order chi connectivity index (χ0) is 33.5. The van der Waals surface area contributed by atoms with Crippen LogP contribution in [-0.2, 0) is 37.6 Å². The molecule has 0 amide bonds. The summed E-state index contributed by atoms with van der Waals surface area (Å²) in [4.78, 5) is -1.38. The topological polar surface area (TPSA) is 94.5 Å². The van der Waals surface area contributed by atoms with E-state index in [1.807, 2.05) is 0 Å². The standard InChI is InChI=1S/C26H23F7N2O5S2/c1-14-3-5-15(6-4-14)42(38,39)35-13-23(16-7-8-24(40-2,12-22(16)35)26(31,32)33)41(36,37)34-21-10-19(27)17(9-20(21)28)18-11-25(18,29)30/h3-6,9-10,13,18,34H,7-8,11-12H2,1-2H3/t18-,24-/m1/s1/i2D3. The van der Waals surface area contributed by atoms with Crippen molar-refractivity contribution in [2.75, 3.05) is 11.8 Å². The normalized spacial score (nSPS) is 23.4. The van der Waals surface area contributed by atoms with E-state index in [0.717, 1.165) is 12.1 Å². The van der Waals surface area contributed by atoms with Crippen LogP contribution in [0.1, 0.15) is 45.3 Å². The third-order valence-electron chi connectivity index (χ3n) is 7.49. The third-order valence-corrected chi connectivity index (χ3v) is 10.6. The number of aryl methyl sites for hydroxylation is 1. The molecular weight excluding hydrogens is 617 g/mol. The van der Waals surface area contributed by atoms with Crippen molar-refractivity contribution in [3.8, 4) is 0 Å². The van der Waals surface area contributed by atoms with E-state index < -0.39 is 120 Å². The Balaban J connectivity index is 1.64. The van der Waals surface area contributed by atoms with E-state index in [9.17, 15) is 47.6 Å². The predicted molar refractivity (Wildman–Crippen MR) is 135 cm³/mol. The molecule has 1 saturated carbocycles. The maximum atomic E-state index is 14.9. The van der Waals surface area contributed by atoms with Gasteiger partial charge in [0.25, 0.3) is 26.0 Å². The molecule has 7 nitrogen and oxygen atoms in total. The van der Waals surface area contributed by atoms with E-state index in [0.29, 0.717) is 23.9 Å². The molecule has 42 heavy (non-hydrogen) atoms. The number of aromatic nitrogens is 1. The zero-order valence-corrected chi connectivity index (χ0v) is 23.0. The number of hydrogen-bond donors (Lipinski definition) is 1. The average molecular weight is 644 g/mol. The van der Waals surface area contributed by atoms with Gasteiger partial charge in [-0.25, -0.2) is 38.4 Å². The minimum absolute atomic E-state index is 0.263. The number of ether oxygens (including phenoxy) is 1. The molecular formula is C26H23F7N2O5S2. The molecule has 1 aromatic heterocycles. The van der Waals surface area contributed by atoms with Gasteiger partial charge in [-0.05, 0) is 43.5 Å². The van der Waals surface area contributed by atoms with Crippen LogP contribution in [0.4, 0.5) is 36.4 Å². The molecule has 1 heterocycles. The van der Waals surface area contributed by atoms with Gasteiger partial charge < -0.3 is 4.74 Å². The van der Waals surface area contributed by atoms with Gasteiger partial charge in [0.15, 0.2) is 5.60 Å². The maximum Gasteiger partial charge on any atom is 0.417 e. The van der Waals surface area contributed by atoms with Crippen molar-refractivity contribution in [3.05, 3.63) is 76.6 Å². The molecule has 0 aliphatic heterocycles. The first-order chi connectivity index (χ1) is 20.5. The van der Waals surface area contributed by atoms with Crippen molar-refractivity contribution in [3.63, 3.8) is 0 Å². The second-order valence-electron chi connectivity index (χ2n) is 10.3. The van der Waals surface area contributed by atoms with E-state index in [1.54, 1.807) is 11.6 Å². The quantitative estimate of drug-likeness (QED) is 0.335. The van der Waals surface area contributed by atoms with Crippen LogP contribution in [0.25, 0.3) is 0 Å². The van der Waals surface area contributed by atoms with E-state index in [1.165, 1.54) is 12.1 Å². The second kappa shape index (κ2) is 9.71. The van der Waals surface area contributed by atoms with Gasteiger partial charge in [0.05, 0.1) is 20.6 Å². The highest BCUT2D eigenvalue weighted by molar-refractivity contribution is 7.93. The van der Waals surface area contributed by atoms with Crippen LogP contribution in [0.15, 0.2) is 52.4 Å². The van der Waals surface area contributed by atoms with Gasteiger partial charge in [-0.15, -0.1) is 0 Å². The highest BCUT2D eigenvalue weighted by atomic mass is 32.2. The lowest BCUT2D eigenvalue weighted by Crippen LogP contribution is -2.51. The van der Waals surface area contributed by atoms with Crippen molar-refractivity contribution in [2.45, 2.75) is 66.0 Å². The smallest absolute Gasteiger partial charge is 0.368 e. The summed E-state index contributed by atoms with van der Waals surface area (Å²) in [6.45, 7) is 1.62. The summed E-state index contributed by atoms with van der Waals surface area (Å²) in [7, 11) is -13.5. The Labute approximate surface area is 240 Å². The van der Waals surface area contributed by atoms with Crippen LogP contribution < -0.4 is 4.72 Å². The Morgan fingerprint density at radius 3 is 2.29 bits per heavy atom. The summed E-state index contributed by atoms with van der Waals surface area (Å²) in [5, 5.41) is 0. The zero-order valence-electron chi connectivity index (χ0n) is 24.4. The molecule has 0 spiro atoms. The Kier molecular flexibility index (Phi) is 6.13. The lowest BCUT2D eigenvalue weighted by atomic mass is 9.83. The highest BCUT2D eigenvalue weighted by Gasteiger charge is 2.59. The molecule has 16 heteroatoms. The highest BCUT2D eigenvalue weighted by Crippen LogP contribution is 2.56. The number of benzene rings is 2. The number of alkyl halides is 5. The van der Waals surface area contributed by atoms with Crippen LogP contribution in [0.2, 0.25) is 0 Å². The number of hydrogen-bond acceptors (Lipinski definition) is 5. The van der Waals surface area contributed by atoms with Crippen LogP contribution in [0.5, 0.6) is 0 Å². The molecule has 1 N–H and O–H groups in total. The SMILES string of the molecule is [2H]C([2H])([2H])O[C@]1(C(F)(F)F)CCc2c(S(=O)(=O)Nc3cc(F)c([C@H]4CC4(F)F)cc3F)cn(S(=O)(=O)c3ccc(C)cc3)c2C1. The van der Waals surface area contributed by atoms with Crippen molar-refractivity contribution in [1.29, 1.82) is 0 Å². The monoisotopic (exact) mass is 643 g/mol. The lowest BCUT2D eigenvalue weighted by Gasteiger charge is -2.38. The number of sulfonamides is 1. The summed E-state index contributed by atoms with van der Waals surface area (Å²) in [5.41, 5.74) is -5.79. The predicted octanol–water partition coefficient (Wildman–Crippen LogP) is 5.67. The summed E-state index contributed by atoms with van der Waals surface area (Å²) in [5.74, 6) is -7.68. The van der Waals surface area contributed by atoms with E-state index >= 15 is 0 Å². The Morgan fingerprint density at radius 1 is 1.07 bits per heavy atom. The molecule has 2 aliphatic rings. The second-order valence-corrected chi connectivity index (χ2v) is 13.7. The number of anilines is 1. The van der Waals surface area contributed by atoms with Gasteiger partial charge in [0.2, 0.25) is 0 Å². The fraction of sp³-hybridized carbons (Fsp3) is 0.385. The molecule has 5 rings (SSSR count). The molecule has 0 unspecified atom stereocenters. The number of halogens is 7. The molecule has 0 saturated heterocycles. The van der Waals surface area contributed by atoms with Gasteiger partial charge in [0, 0.05) is 43.4 Å². The van der Waals surface area contributed by atoms with E-state index in [2.05, 4.69) is 4.74 Å². The molecule has 228 valence electrons. The van der Waals surface area contributed by atoms with Crippen molar-refractivity contribution in [2.24, 2.45) is 0 Å². The molecule has 2 aliphatic carbocycles. The summed E-state index contributed by atoms with van der Waals surface area (Å²) >= 11 is 0. The molecule has 0 radical (unpaired) electrons. The van der Waals surface area contributed by atoms with Gasteiger partial charge in [0.1, 0.15) is 16.5 Å². The summed E-state index contributed by atoms with van der Waals surface area (Å²) in [6.07, 6.45) is -9.04. The van der Waals surface area contributed by atoms with Gasteiger partial charge in [-0.1, -0.05) is 17.7 Å². The Morgan fingerprint density at radius 2 is 1.71 bits per heavy atom. The van der Waals surface area contributed by atoms with Crippen molar-refractivity contribution >= 4 is 25.7 Å². The van der Waals surface area contributed by atoms with Crippen LogP contribution in [0, 0.1) is 18.6 Å².